The third-order valence-electron chi connectivity index (χ3n) is 2.79. The number of carbonyl (C=O) groups is 1. The summed E-state index contributed by atoms with van der Waals surface area (Å²) in [6.07, 6.45) is 0. The Labute approximate surface area is 127 Å². The van der Waals surface area contributed by atoms with Gasteiger partial charge in [-0.2, -0.15) is 0 Å². The molecule has 0 saturated carbocycles. The SMILES string of the molecule is COCC(Cl)CN(C)C(=O)c1cccc([N+](=O)[O-])c1OC. The van der Waals surface area contributed by atoms with Crippen molar-refractivity contribution in [3.05, 3.63) is 33.9 Å². The quantitative estimate of drug-likeness (QED) is 0.436. The average molecular weight is 317 g/mol. The normalized spacial score (nSPS) is 11.8. The van der Waals surface area contributed by atoms with Crippen molar-refractivity contribution in [2.45, 2.75) is 5.38 Å². The summed E-state index contributed by atoms with van der Waals surface area (Å²) in [7, 11) is 4.36. The van der Waals surface area contributed by atoms with Crippen molar-refractivity contribution < 1.29 is 19.2 Å². The van der Waals surface area contributed by atoms with E-state index in [0.29, 0.717) is 6.61 Å². The van der Waals surface area contributed by atoms with E-state index in [1.54, 1.807) is 7.05 Å². The molecule has 1 atom stereocenters. The molecule has 7 nitrogen and oxygen atoms in total. The summed E-state index contributed by atoms with van der Waals surface area (Å²) in [5.41, 5.74) is -0.133. The molecule has 1 aromatic carbocycles. The molecule has 0 bridgehead atoms. The van der Waals surface area contributed by atoms with Gasteiger partial charge in [-0.15, -0.1) is 11.6 Å². The summed E-state index contributed by atoms with van der Waals surface area (Å²) in [5.74, 6) is -0.463. The summed E-state index contributed by atoms with van der Waals surface area (Å²) in [6.45, 7) is 0.547. The van der Waals surface area contributed by atoms with Gasteiger partial charge in [0.1, 0.15) is 0 Å². The number of hydrogen-bond donors (Lipinski definition) is 0. The van der Waals surface area contributed by atoms with Gasteiger partial charge in [0.25, 0.3) is 5.91 Å². The summed E-state index contributed by atoms with van der Waals surface area (Å²) in [4.78, 5) is 24.1. The molecule has 21 heavy (non-hydrogen) atoms. The molecule has 0 N–H and O–H groups in total. The molecule has 0 radical (unpaired) electrons. The molecule has 1 rings (SSSR count). The zero-order valence-corrected chi connectivity index (χ0v) is 12.8. The number of carbonyl (C=O) groups excluding carboxylic acids is 1. The number of nitro benzene ring substituents is 1. The lowest BCUT2D eigenvalue weighted by atomic mass is 10.1. The average Bonchev–Trinajstić information content (AvgIpc) is 2.45. The molecule has 0 heterocycles. The molecule has 116 valence electrons. The van der Waals surface area contributed by atoms with Gasteiger partial charge in [-0.1, -0.05) is 6.07 Å². The largest absolute Gasteiger partial charge is 0.490 e. The van der Waals surface area contributed by atoms with Crippen molar-refractivity contribution >= 4 is 23.2 Å². The lowest BCUT2D eigenvalue weighted by molar-refractivity contribution is -0.385. The fraction of sp³-hybridized carbons (Fsp3) is 0.462. The Morgan fingerprint density at radius 2 is 2.14 bits per heavy atom. The van der Waals surface area contributed by atoms with Gasteiger partial charge >= 0.3 is 5.69 Å². The molecule has 1 unspecified atom stereocenters. The number of para-hydroxylation sites is 1. The fourth-order valence-corrected chi connectivity index (χ4v) is 2.20. The minimum atomic E-state index is -0.592. The van der Waals surface area contributed by atoms with Gasteiger partial charge < -0.3 is 14.4 Å². The number of nitrogens with zero attached hydrogens (tertiary/aromatic N) is 2. The maximum absolute atomic E-state index is 12.4. The van der Waals surface area contributed by atoms with Crippen LogP contribution in [0.25, 0.3) is 0 Å². The second-order valence-electron chi connectivity index (χ2n) is 4.35. The molecule has 0 aromatic heterocycles. The molecular formula is C13H17ClN2O5. The van der Waals surface area contributed by atoms with Crippen molar-refractivity contribution in [2.24, 2.45) is 0 Å². The van der Waals surface area contributed by atoms with Crippen LogP contribution in [0.2, 0.25) is 0 Å². The summed E-state index contributed by atoms with van der Waals surface area (Å²) in [5, 5.41) is 10.6. The smallest absolute Gasteiger partial charge is 0.311 e. The van der Waals surface area contributed by atoms with Gasteiger partial charge in [-0.3, -0.25) is 14.9 Å². The van der Waals surface area contributed by atoms with Gasteiger partial charge in [0, 0.05) is 26.8 Å². The van der Waals surface area contributed by atoms with Crippen molar-refractivity contribution in [2.75, 3.05) is 34.4 Å². The van der Waals surface area contributed by atoms with Crippen LogP contribution < -0.4 is 4.74 Å². The first kappa shape index (κ1) is 17.2. The van der Waals surface area contributed by atoms with E-state index in [1.807, 2.05) is 0 Å². The van der Waals surface area contributed by atoms with Crippen molar-refractivity contribution in [3.8, 4) is 5.75 Å². The van der Waals surface area contributed by atoms with Crippen LogP contribution in [0.1, 0.15) is 10.4 Å². The predicted octanol–water partition coefficient (Wildman–Crippen LogP) is 1.93. The minimum Gasteiger partial charge on any atom is -0.490 e. The van der Waals surface area contributed by atoms with E-state index in [0.717, 1.165) is 0 Å². The second kappa shape index (κ2) is 7.80. The first-order valence-electron chi connectivity index (χ1n) is 6.12. The van der Waals surface area contributed by atoms with E-state index < -0.39 is 10.8 Å². The molecule has 0 saturated heterocycles. The second-order valence-corrected chi connectivity index (χ2v) is 4.97. The standard InChI is InChI=1S/C13H17ClN2O5/c1-15(7-9(14)8-20-2)13(17)10-5-4-6-11(16(18)19)12(10)21-3/h4-6,9H,7-8H2,1-3H3. The van der Waals surface area contributed by atoms with E-state index in [4.69, 9.17) is 21.1 Å². The monoisotopic (exact) mass is 316 g/mol. The van der Waals surface area contributed by atoms with E-state index in [2.05, 4.69) is 0 Å². The molecule has 1 amide bonds. The number of amides is 1. The van der Waals surface area contributed by atoms with E-state index in [9.17, 15) is 14.9 Å². The Balaban J connectivity index is 3.01. The lowest BCUT2D eigenvalue weighted by Crippen LogP contribution is -2.34. The molecule has 0 aliphatic rings. The van der Waals surface area contributed by atoms with Crippen LogP contribution >= 0.6 is 11.6 Å². The number of ether oxygens (including phenoxy) is 2. The fourth-order valence-electron chi connectivity index (χ4n) is 1.87. The Morgan fingerprint density at radius 3 is 2.67 bits per heavy atom. The Hall–Kier alpha value is -1.86. The third kappa shape index (κ3) is 4.30. The number of benzene rings is 1. The number of hydrogen-bond acceptors (Lipinski definition) is 5. The highest BCUT2D eigenvalue weighted by Gasteiger charge is 2.25. The molecule has 0 aliphatic heterocycles. The zero-order valence-electron chi connectivity index (χ0n) is 12.0. The third-order valence-corrected chi connectivity index (χ3v) is 3.06. The molecule has 8 heteroatoms. The van der Waals surface area contributed by atoms with Crippen LogP contribution in [0.3, 0.4) is 0 Å². The van der Waals surface area contributed by atoms with Gasteiger partial charge in [0.2, 0.25) is 5.75 Å². The zero-order chi connectivity index (χ0) is 16.0. The topological polar surface area (TPSA) is 81.9 Å². The van der Waals surface area contributed by atoms with Crippen LogP contribution in [-0.4, -0.2) is 55.5 Å². The summed E-state index contributed by atoms with van der Waals surface area (Å²) >= 11 is 6.00. The van der Waals surface area contributed by atoms with Crippen molar-refractivity contribution in [1.82, 2.24) is 4.90 Å². The minimum absolute atomic E-state index is 0.0581. The van der Waals surface area contributed by atoms with Crippen LogP contribution in [-0.2, 0) is 4.74 Å². The lowest BCUT2D eigenvalue weighted by Gasteiger charge is -2.21. The number of alkyl halides is 1. The molecule has 1 aromatic rings. The molecule has 0 spiro atoms. The van der Waals surface area contributed by atoms with E-state index in [1.165, 1.54) is 37.3 Å². The van der Waals surface area contributed by atoms with Gasteiger partial charge in [0.15, 0.2) is 0 Å². The highest BCUT2D eigenvalue weighted by Crippen LogP contribution is 2.31. The molecular weight excluding hydrogens is 300 g/mol. The van der Waals surface area contributed by atoms with Crippen molar-refractivity contribution in [3.63, 3.8) is 0 Å². The van der Waals surface area contributed by atoms with Gasteiger partial charge in [-0.25, -0.2) is 0 Å². The maximum atomic E-state index is 12.4. The predicted molar refractivity (Wildman–Crippen MR) is 78.1 cm³/mol. The number of halogens is 1. The Kier molecular flexibility index (Phi) is 6.39. The van der Waals surface area contributed by atoms with Gasteiger partial charge in [0.05, 0.1) is 29.6 Å². The highest BCUT2D eigenvalue weighted by molar-refractivity contribution is 6.21. The van der Waals surface area contributed by atoms with E-state index >= 15 is 0 Å². The molecule has 0 fully saturated rings. The van der Waals surface area contributed by atoms with Crippen LogP contribution in [0.4, 0.5) is 5.69 Å². The number of rotatable bonds is 7. The Morgan fingerprint density at radius 1 is 1.48 bits per heavy atom. The first-order chi connectivity index (χ1) is 9.92. The molecule has 0 aliphatic carbocycles. The number of nitro groups is 1. The first-order valence-corrected chi connectivity index (χ1v) is 6.55. The number of methoxy groups -OCH3 is 2. The van der Waals surface area contributed by atoms with Gasteiger partial charge in [-0.05, 0) is 6.07 Å². The van der Waals surface area contributed by atoms with E-state index in [-0.39, 0.29) is 28.9 Å². The summed E-state index contributed by atoms with van der Waals surface area (Å²) in [6, 6.07) is 4.20. The Bertz CT molecular complexity index is 523. The van der Waals surface area contributed by atoms with Crippen LogP contribution in [0, 0.1) is 10.1 Å². The highest BCUT2D eigenvalue weighted by atomic mass is 35.5. The van der Waals surface area contributed by atoms with Crippen LogP contribution in [0.5, 0.6) is 5.75 Å². The van der Waals surface area contributed by atoms with Crippen LogP contribution in [0.15, 0.2) is 18.2 Å². The summed E-state index contributed by atoms with van der Waals surface area (Å²) < 4.78 is 9.92. The van der Waals surface area contributed by atoms with Crippen molar-refractivity contribution in [1.29, 1.82) is 0 Å². The maximum Gasteiger partial charge on any atom is 0.311 e.